The van der Waals surface area contributed by atoms with Gasteiger partial charge in [0.15, 0.2) is 0 Å². The average Bonchev–Trinajstić information content (AvgIpc) is 2.47. The maximum absolute atomic E-state index is 5.38. The molecule has 0 unspecified atom stereocenters. The van der Waals surface area contributed by atoms with Crippen LogP contribution in [0.4, 0.5) is 11.8 Å². The van der Waals surface area contributed by atoms with Crippen LogP contribution in [0.3, 0.4) is 0 Å². The summed E-state index contributed by atoms with van der Waals surface area (Å²) in [6.45, 7) is 9.02. The molecule has 118 valence electrons. The number of nitrogens with one attached hydrogen (secondary N) is 1. The van der Waals surface area contributed by atoms with Gasteiger partial charge in [0.05, 0.1) is 13.2 Å². The quantitative estimate of drug-likeness (QED) is 0.851. The highest BCUT2D eigenvalue weighted by Gasteiger charge is 2.14. The molecule has 0 bridgehead atoms. The monoisotopic (exact) mass is 293 g/mol. The molecule has 1 saturated heterocycles. The minimum atomic E-state index is 0.345. The van der Waals surface area contributed by atoms with Crippen molar-refractivity contribution in [3.63, 3.8) is 0 Å². The van der Waals surface area contributed by atoms with Gasteiger partial charge in [0.2, 0.25) is 5.95 Å². The summed E-state index contributed by atoms with van der Waals surface area (Å²) < 4.78 is 5.38. The standard InChI is InChI=1S/C15H27N5O/c1-5-13-10-14(18-15(17-13)19(3)4)16-12(2)11-20-6-8-21-9-7-20/h10,12H,5-9,11H2,1-4H3,(H,16,17,18)/t12-/m1/s1. The topological polar surface area (TPSA) is 53.5 Å². The smallest absolute Gasteiger partial charge is 0.226 e. The summed E-state index contributed by atoms with van der Waals surface area (Å²) in [6.07, 6.45) is 0.913. The van der Waals surface area contributed by atoms with E-state index in [1.54, 1.807) is 0 Å². The zero-order valence-corrected chi connectivity index (χ0v) is 13.6. The zero-order valence-electron chi connectivity index (χ0n) is 13.6. The first kappa shape index (κ1) is 16.0. The van der Waals surface area contributed by atoms with Gasteiger partial charge in [-0.2, -0.15) is 4.98 Å². The highest BCUT2D eigenvalue weighted by Crippen LogP contribution is 2.14. The molecule has 0 aliphatic carbocycles. The van der Waals surface area contributed by atoms with E-state index in [1.807, 2.05) is 25.1 Å². The van der Waals surface area contributed by atoms with Crippen molar-refractivity contribution in [3.8, 4) is 0 Å². The Hall–Kier alpha value is -1.40. The minimum Gasteiger partial charge on any atom is -0.379 e. The van der Waals surface area contributed by atoms with Crippen LogP contribution in [-0.2, 0) is 11.2 Å². The first-order valence-corrected chi connectivity index (χ1v) is 7.70. The van der Waals surface area contributed by atoms with E-state index in [0.29, 0.717) is 6.04 Å². The highest BCUT2D eigenvalue weighted by molar-refractivity contribution is 5.43. The van der Waals surface area contributed by atoms with Gasteiger partial charge in [0.1, 0.15) is 5.82 Å². The molecule has 1 aromatic heterocycles. The third-order valence-electron chi connectivity index (χ3n) is 3.56. The Labute approximate surface area is 127 Å². The fourth-order valence-corrected chi connectivity index (χ4v) is 2.41. The van der Waals surface area contributed by atoms with Crippen LogP contribution in [0.15, 0.2) is 6.07 Å². The van der Waals surface area contributed by atoms with Gasteiger partial charge in [0, 0.05) is 51.5 Å². The summed E-state index contributed by atoms with van der Waals surface area (Å²) in [5.74, 6) is 1.67. The number of hydrogen-bond donors (Lipinski definition) is 1. The predicted octanol–water partition coefficient (Wildman–Crippen LogP) is 1.24. The third-order valence-corrected chi connectivity index (χ3v) is 3.56. The van der Waals surface area contributed by atoms with Crippen LogP contribution in [0.5, 0.6) is 0 Å². The van der Waals surface area contributed by atoms with Crippen LogP contribution in [0, 0.1) is 0 Å². The van der Waals surface area contributed by atoms with Crippen molar-refractivity contribution in [1.29, 1.82) is 0 Å². The normalized spacial score (nSPS) is 17.5. The molecule has 6 heteroatoms. The summed E-state index contributed by atoms with van der Waals surface area (Å²) in [4.78, 5) is 13.5. The molecule has 6 nitrogen and oxygen atoms in total. The van der Waals surface area contributed by atoms with Crippen molar-refractivity contribution in [2.75, 3.05) is 57.2 Å². The number of rotatable bonds is 6. The summed E-state index contributed by atoms with van der Waals surface area (Å²) >= 11 is 0. The molecule has 0 amide bonds. The van der Waals surface area contributed by atoms with Crippen LogP contribution in [0.1, 0.15) is 19.5 Å². The number of aryl methyl sites for hydroxylation is 1. The van der Waals surface area contributed by atoms with E-state index in [-0.39, 0.29) is 0 Å². The Morgan fingerprint density at radius 3 is 2.67 bits per heavy atom. The van der Waals surface area contributed by atoms with Crippen molar-refractivity contribution < 1.29 is 4.74 Å². The number of hydrogen-bond acceptors (Lipinski definition) is 6. The number of aromatic nitrogens is 2. The SMILES string of the molecule is CCc1cc(N[C@H](C)CN2CCOCC2)nc(N(C)C)n1. The molecule has 1 N–H and O–H groups in total. The van der Waals surface area contributed by atoms with E-state index in [2.05, 4.69) is 34.0 Å². The van der Waals surface area contributed by atoms with Crippen LogP contribution in [0.2, 0.25) is 0 Å². The predicted molar refractivity (Wildman–Crippen MR) is 86.1 cm³/mol. The summed E-state index contributed by atoms with van der Waals surface area (Å²) in [5, 5.41) is 3.50. The summed E-state index contributed by atoms with van der Waals surface area (Å²) in [7, 11) is 3.94. The maximum Gasteiger partial charge on any atom is 0.226 e. The van der Waals surface area contributed by atoms with Crippen molar-refractivity contribution in [2.45, 2.75) is 26.3 Å². The van der Waals surface area contributed by atoms with Crippen LogP contribution < -0.4 is 10.2 Å². The molecule has 1 aliphatic rings. The fraction of sp³-hybridized carbons (Fsp3) is 0.733. The van der Waals surface area contributed by atoms with Crippen molar-refractivity contribution in [2.24, 2.45) is 0 Å². The van der Waals surface area contributed by atoms with Gasteiger partial charge in [0.25, 0.3) is 0 Å². The van der Waals surface area contributed by atoms with Crippen LogP contribution in [-0.4, -0.2) is 67.9 Å². The van der Waals surface area contributed by atoms with E-state index in [0.717, 1.165) is 56.7 Å². The lowest BCUT2D eigenvalue weighted by molar-refractivity contribution is 0.0368. The van der Waals surface area contributed by atoms with E-state index < -0.39 is 0 Å². The largest absolute Gasteiger partial charge is 0.379 e. The molecule has 1 aliphatic heterocycles. The molecule has 2 heterocycles. The molecule has 1 aromatic rings. The van der Waals surface area contributed by atoms with Gasteiger partial charge < -0.3 is 15.0 Å². The number of nitrogens with zero attached hydrogens (tertiary/aromatic N) is 4. The second kappa shape index (κ2) is 7.56. The molecule has 1 atom stereocenters. The lowest BCUT2D eigenvalue weighted by Gasteiger charge is -2.29. The molecule has 0 aromatic carbocycles. The van der Waals surface area contributed by atoms with Gasteiger partial charge >= 0.3 is 0 Å². The number of anilines is 2. The van der Waals surface area contributed by atoms with Gasteiger partial charge in [-0.25, -0.2) is 4.98 Å². The molecule has 0 spiro atoms. The fourth-order valence-electron chi connectivity index (χ4n) is 2.41. The lowest BCUT2D eigenvalue weighted by Crippen LogP contribution is -2.42. The van der Waals surface area contributed by atoms with Gasteiger partial charge in [-0.1, -0.05) is 6.92 Å². The second-order valence-corrected chi connectivity index (χ2v) is 5.75. The average molecular weight is 293 g/mol. The van der Waals surface area contributed by atoms with E-state index in [1.165, 1.54) is 0 Å². The minimum absolute atomic E-state index is 0.345. The highest BCUT2D eigenvalue weighted by atomic mass is 16.5. The van der Waals surface area contributed by atoms with Gasteiger partial charge in [-0.3, -0.25) is 4.90 Å². The molecule has 2 rings (SSSR count). The Balaban J connectivity index is 1.98. The molecule has 21 heavy (non-hydrogen) atoms. The first-order valence-electron chi connectivity index (χ1n) is 7.70. The number of ether oxygens (including phenoxy) is 1. The van der Waals surface area contributed by atoms with Crippen LogP contribution >= 0.6 is 0 Å². The molecular weight excluding hydrogens is 266 g/mol. The molecule has 0 radical (unpaired) electrons. The first-order chi connectivity index (χ1) is 10.1. The Morgan fingerprint density at radius 1 is 1.33 bits per heavy atom. The van der Waals surface area contributed by atoms with E-state index in [4.69, 9.17) is 4.74 Å². The van der Waals surface area contributed by atoms with E-state index >= 15 is 0 Å². The Kier molecular flexibility index (Phi) is 5.76. The Bertz CT molecular complexity index is 446. The van der Waals surface area contributed by atoms with E-state index in [9.17, 15) is 0 Å². The van der Waals surface area contributed by atoms with Crippen molar-refractivity contribution in [3.05, 3.63) is 11.8 Å². The molecule has 1 fully saturated rings. The maximum atomic E-state index is 5.38. The number of morpholine rings is 1. The summed E-state index contributed by atoms with van der Waals surface area (Å²) in [6, 6.07) is 2.39. The second-order valence-electron chi connectivity index (χ2n) is 5.75. The third kappa shape index (κ3) is 4.82. The van der Waals surface area contributed by atoms with Gasteiger partial charge in [-0.15, -0.1) is 0 Å². The molecule has 0 saturated carbocycles. The summed E-state index contributed by atoms with van der Waals surface area (Å²) in [5.41, 5.74) is 1.06. The zero-order chi connectivity index (χ0) is 15.2. The van der Waals surface area contributed by atoms with Crippen molar-refractivity contribution in [1.82, 2.24) is 14.9 Å². The van der Waals surface area contributed by atoms with Crippen molar-refractivity contribution >= 4 is 11.8 Å². The lowest BCUT2D eigenvalue weighted by atomic mass is 10.2. The van der Waals surface area contributed by atoms with Crippen LogP contribution in [0.25, 0.3) is 0 Å². The Morgan fingerprint density at radius 2 is 2.05 bits per heavy atom. The molecular formula is C15H27N5O. The van der Waals surface area contributed by atoms with Gasteiger partial charge in [-0.05, 0) is 13.3 Å².